The summed E-state index contributed by atoms with van der Waals surface area (Å²) in [6.45, 7) is 7.38. The van der Waals surface area contributed by atoms with Crippen LogP contribution in [0.15, 0.2) is 0 Å². The van der Waals surface area contributed by atoms with E-state index in [1.807, 2.05) is 0 Å². The van der Waals surface area contributed by atoms with E-state index in [0.29, 0.717) is 6.42 Å². The van der Waals surface area contributed by atoms with E-state index in [1.165, 1.54) is 27.7 Å². The van der Waals surface area contributed by atoms with Gasteiger partial charge in [-0.1, -0.05) is 20.3 Å². The van der Waals surface area contributed by atoms with Crippen molar-refractivity contribution >= 4 is 41.4 Å². The number of nitrogens with two attached hydrogens (primary N) is 1. The fourth-order valence-corrected chi connectivity index (χ4v) is 3.25. The second kappa shape index (κ2) is 17.8. The number of carbonyl (C=O) groups is 7. The monoisotopic (exact) mass is 589 g/mol. The van der Waals surface area contributed by atoms with Gasteiger partial charge in [0.15, 0.2) is 6.04 Å². The van der Waals surface area contributed by atoms with Crippen molar-refractivity contribution in [1.82, 2.24) is 31.9 Å². The number of hydrogen-bond donors (Lipinski definition) is 10. The van der Waals surface area contributed by atoms with Crippen LogP contribution in [0.25, 0.3) is 0 Å². The number of hydrogen-bond acceptors (Lipinski definition) is 10. The van der Waals surface area contributed by atoms with E-state index in [2.05, 4.69) is 31.9 Å². The fraction of sp³-hybridized carbons (Fsp3) is 0.708. The quantitative estimate of drug-likeness (QED) is 0.0770. The zero-order valence-corrected chi connectivity index (χ0v) is 24.0. The number of aliphatic hydroxyl groups excluding tert-OH is 2. The van der Waals surface area contributed by atoms with E-state index >= 15 is 0 Å². The van der Waals surface area contributed by atoms with Crippen LogP contribution in [-0.2, 0) is 33.6 Å². The molecule has 0 aliphatic rings. The summed E-state index contributed by atoms with van der Waals surface area (Å²) in [4.78, 5) is 85.5. The Balaban J connectivity index is 5.19. The highest BCUT2D eigenvalue weighted by atomic mass is 16.4. The second-order valence-corrected chi connectivity index (χ2v) is 9.63. The van der Waals surface area contributed by atoms with Gasteiger partial charge in [0.05, 0.1) is 19.3 Å². The van der Waals surface area contributed by atoms with Crippen molar-refractivity contribution in [3.8, 4) is 0 Å². The Morgan fingerprint density at radius 1 is 0.659 bits per heavy atom. The van der Waals surface area contributed by atoms with Gasteiger partial charge in [0.1, 0.15) is 30.2 Å². The standard InChI is InChI=1S/C24H43N7O10/c1-7-10(2)17(30-22(38)15(9-32)29-16(34)8-25)23(39)28-12(4)20(36)26-11(3)19(35)27-13(5)21(37)31-18(14(6)33)24(40)41/h10-15,17-18,32-33H,7-9,25H2,1-6H3,(H,26,36)(H,27,35)(H,28,39)(H,29,34)(H,30,38)(H,31,37)(H,40,41)/t10-,11-,12-,13-,14+,15-,17-,18-/m0/s1. The first-order valence-corrected chi connectivity index (χ1v) is 13.0. The Kier molecular flexibility index (Phi) is 16.1. The Morgan fingerprint density at radius 3 is 1.44 bits per heavy atom. The number of amides is 6. The topological polar surface area (TPSA) is 278 Å². The first-order valence-electron chi connectivity index (χ1n) is 13.0. The maximum atomic E-state index is 12.9. The van der Waals surface area contributed by atoms with Gasteiger partial charge in [0.2, 0.25) is 35.4 Å². The molecular weight excluding hydrogens is 546 g/mol. The lowest BCUT2D eigenvalue weighted by molar-refractivity contribution is -0.145. The summed E-state index contributed by atoms with van der Waals surface area (Å²) < 4.78 is 0. The fourth-order valence-electron chi connectivity index (χ4n) is 3.25. The Bertz CT molecular complexity index is 961. The normalized spacial score (nSPS) is 16.7. The van der Waals surface area contributed by atoms with Crippen LogP contribution in [0, 0.1) is 5.92 Å². The summed E-state index contributed by atoms with van der Waals surface area (Å²) >= 11 is 0. The summed E-state index contributed by atoms with van der Waals surface area (Å²) in [5.74, 6) is -6.57. The smallest absolute Gasteiger partial charge is 0.328 e. The molecule has 0 aliphatic carbocycles. The van der Waals surface area contributed by atoms with E-state index < -0.39 is 103 Å². The molecule has 0 aromatic heterocycles. The Morgan fingerprint density at radius 2 is 1.07 bits per heavy atom. The van der Waals surface area contributed by atoms with Gasteiger partial charge in [-0.05, 0) is 33.6 Å². The molecule has 0 heterocycles. The number of rotatable bonds is 17. The molecule has 0 saturated carbocycles. The molecular formula is C24H43N7O10. The molecule has 0 aliphatic heterocycles. The molecule has 0 radical (unpaired) electrons. The molecule has 0 aromatic rings. The van der Waals surface area contributed by atoms with Crippen LogP contribution in [0.2, 0.25) is 0 Å². The summed E-state index contributed by atoms with van der Waals surface area (Å²) in [6, 6.07) is -7.64. The third-order valence-electron chi connectivity index (χ3n) is 6.12. The van der Waals surface area contributed by atoms with E-state index in [-0.39, 0.29) is 0 Å². The Labute approximate surface area is 237 Å². The van der Waals surface area contributed by atoms with Crippen LogP contribution in [0.4, 0.5) is 0 Å². The zero-order chi connectivity index (χ0) is 32.0. The number of aliphatic carboxylic acids is 1. The largest absolute Gasteiger partial charge is 0.480 e. The SMILES string of the molecule is CC[C@H](C)[C@H](NC(=O)[C@H](CO)NC(=O)CN)C(=O)N[C@@H](C)C(=O)N[C@@H](C)C(=O)N[C@@H](C)C(=O)N[C@H](C(=O)O)[C@@H](C)O. The predicted molar refractivity (Wildman–Crippen MR) is 144 cm³/mol. The van der Waals surface area contributed by atoms with E-state index in [9.17, 15) is 43.8 Å². The highest BCUT2D eigenvalue weighted by Gasteiger charge is 2.32. The average Bonchev–Trinajstić information content (AvgIpc) is 2.91. The lowest BCUT2D eigenvalue weighted by atomic mass is 9.97. The van der Waals surface area contributed by atoms with Crippen LogP contribution in [0.3, 0.4) is 0 Å². The van der Waals surface area contributed by atoms with Crippen molar-refractivity contribution in [3.63, 3.8) is 0 Å². The Hall–Kier alpha value is -3.83. The van der Waals surface area contributed by atoms with Crippen LogP contribution in [-0.4, -0.2) is 112 Å². The maximum absolute atomic E-state index is 12.9. The minimum absolute atomic E-state index is 0.411. The zero-order valence-electron chi connectivity index (χ0n) is 24.0. The molecule has 0 unspecified atom stereocenters. The number of carboxylic acids is 1. The molecule has 0 aromatic carbocycles. The molecule has 0 bridgehead atoms. The number of nitrogens with one attached hydrogen (secondary N) is 6. The second-order valence-electron chi connectivity index (χ2n) is 9.63. The van der Waals surface area contributed by atoms with Crippen LogP contribution >= 0.6 is 0 Å². The lowest BCUT2D eigenvalue weighted by Crippen LogP contribution is -2.60. The van der Waals surface area contributed by atoms with Crippen molar-refractivity contribution in [2.24, 2.45) is 11.7 Å². The van der Waals surface area contributed by atoms with Gasteiger partial charge in [-0.25, -0.2) is 4.79 Å². The summed E-state index contributed by atoms with van der Waals surface area (Å²) in [7, 11) is 0. The third-order valence-corrected chi connectivity index (χ3v) is 6.12. The molecule has 234 valence electrons. The highest BCUT2D eigenvalue weighted by Crippen LogP contribution is 2.09. The van der Waals surface area contributed by atoms with Crippen LogP contribution in [0.1, 0.15) is 48.0 Å². The van der Waals surface area contributed by atoms with Crippen molar-refractivity contribution < 1.29 is 48.9 Å². The van der Waals surface area contributed by atoms with Crippen molar-refractivity contribution in [1.29, 1.82) is 0 Å². The lowest BCUT2D eigenvalue weighted by Gasteiger charge is -2.27. The molecule has 0 fully saturated rings. The molecule has 41 heavy (non-hydrogen) atoms. The first kappa shape index (κ1) is 37.2. The molecule has 17 nitrogen and oxygen atoms in total. The number of carboxylic acid groups (broad SMARTS) is 1. The van der Waals surface area contributed by atoms with Crippen LogP contribution < -0.4 is 37.6 Å². The molecule has 0 spiro atoms. The molecule has 17 heteroatoms. The molecule has 0 rings (SSSR count). The van der Waals surface area contributed by atoms with Crippen LogP contribution in [0.5, 0.6) is 0 Å². The maximum Gasteiger partial charge on any atom is 0.328 e. The van der Waals surface area contributed by atoms with Gasteiger partial charge in [0, 0.05) is 0 Å². The van der Waals surface area contributed by atoms with Crippen molar-refractivity contribution in [3.05, 3.63) is 0 Å². The minimum Gasteiger partial charge on any atom is -0.480 e. The van der Waals surface area contributed by atoms with Gasteiger partial charge in [-0.3, -0.25) is 28.8 Å². The molecule has 8 atom stereocenters. The predicted octanol–water partition coefficient (Wildman–Crippen LogP) is -4.58. The minimum atomic E-state index is -1.59. The van der Waals surface area contributed by atoms with Gasteiger partial charge in [0.25, 0.3) is 0 Å². The molecule has 6 amide bonds. The van der Waals surface area contributed by atoms with Crippen molar-refractivity contribution in [2.45, 2.75) is 90.3 Å². The summed E-state index contributed by atoms with van der Waals surface area (Å²) in [5, 5.41) is 41.9. The van der Waals surface area contributed by atoms with Gasteiger partial charge < -0.3 is 53.0 Å². The highest BCUT2D eigenvalue weighted by molar-refractivity contribution is 5.96. The molecule has 11 N–H and O–H groups in total. The van der Waals surface area contributed by atoms with Gasteiger partial charge in [-0.15, -0.1) is 0 Å². The summed E-state index contributed by atoms with van der Waals surface area (Å²) in [6.07, 6.45) is -0.943. The number of carbonyl (C=O) groups excluding carboxylic acids is 6. The van der Waals surface area contributed by atoms with Gasteiger partial charge in [-0.2, -0.15) is 0 Å². The summed E-state index contributed by atoms with van der Waals surface area (Å²) in [5.41, 5.74) is 5.21. The third kappa shape index (κ3) is 12.5. The molecule has 0 saturated heterocycles. The van der Waals surface area contributed by atoms with Crippen molar-refractivity contribution in [2.75, 3.05) is 13.2 Å². The first-order chi connectivity index (χ1) is 19.0. The average molecular weight is 590 g/mol. The van der Waals surface area contributed by atoms with E-state index in [0.717, 1.165) is 0 Å². The van der Waals surface area contributed by atoms with E-state index in [1.54, 1.807) is 13.8 Å². The van der Waals surface area contributed by atoms with Gasteiger partial charge >= 0.3 is 5.97 Å². The number of aliphatic hydroxyl groups is 2. The van der Waals surface area contributed by atoms with E-state index in [4.69, 9.17) is 10.8 Å².